The van der Waals surface area contributed by atoms with E-state index >= 15 is 0 Å². The summed E-state index contributed by atoms with van der Waals surface area (Å²) in [5.74, 6) is -0.140. The molecule has 7 nitrogen and oxygen atoms in total. The van der Waals surface area contributed by atoms with Gasteiger partial charge in [-0.1, -0.05) is 6.08 Å². The van der Waals surface area contributed by atoms with Crippen LogP contribution < -0.4 is 0 Å². The third-order valence-electron chi connectivity index (χ3n) is 7.23. The Morgan fingerprint density at radius 1 is 1.29 bits per heavy atom. The van der Waals surface area contributed by atoms with Crippen LogP contribution in [0.2, 0.25) is 0 Å². The first kappa shape index (κ1) is 19.7. The molecule has 1 aliphatic carbocycles. The molecule has 28 heavy (non-hydrogen) atoms. The number of aliphatic hydroxyl groups excluding tert-OH is 1. The molecular weight excluding hydrogens is 358 g/mol. The van der Waals surface area contributed by atoms with Crippen molar-refractivity contribution >= 4 is 12.0 Å². The van der Waals surface area contributed by atoms with Gasteiger partial charge >= 0.3 is 6.09 Å². The van der Waals surface area contributed by atoms with Gasteiger partial charge < -0.3 is 19.6 Å². The van der Waals surface area contributed by atoms with Crippen LogP contribution in [0.5, 0.6) is 0 Å². The quantitative estimate of drug-likeness (QED) is 0.737. The van der Waals surface area contributed by atoms with Crippen molar-refractivity contribution in [2.45, 2.75) is 57.5 Å². The zero-order valence-corrected chi connectivity index (χ0v) is 16.9. The summed E-state index contributed by atoms with van der Waals surface area (Å²) in [6.07, 6.45) is 8.66. The van der Waals surface area contributed by atoms with Crippen LogP contribution >= 0.6 is 0 Å². The molecule has 4 aliphatic rings. The third-order valence-corrected chi connectivity index (χ3v) is 7.23. The number of hydrogen-bond donors (Lipinski definition) is 1. The fraction of sp³-hybridized carbons (Fsp3) is 0.810. The van der Waals surface area contributed by atoms with Crippen molar-refractivity contribution in [1.29, 1.82) is 0 Å². The van der Waals surface area contributed by atoms with Gasteiger partial charge in [0.05, 0.1) is 12.6 Å². The van der Waals surface area contributed by atoms with Gasteiger partial charge in [0.2, 0.25) is 5.91 Å². The lowest BCUT2D eigenvalue weighted by atomic mass is 9.64. The number of carbonyl (C=O) groups excluding carboxylic acids is 2. The molecule has 0 bridgehead atoms. The normalized spacial score (nSPS) is 33.1. The standard InChI is InChI=1S/C21H33N3O4/c1-2-28-20(27)23-11-7-21(15-23)12-17(13-21)22-9-5-16(6-10-22)18-4-3-8-24(18)19(26)14-25/h5,17-18,25H,2-4,6-15H2,1H3/t17?,18-,21?/m0/s1. The van der Waals surface area contributed by atoms with Crippen molar-refractivity contribution in [3.05, 3.63) is 11.6 Å². The van der Waals surface area contributed by atoms with Gasteiger partial charge in [0.1, 0.15) is 6.61 Å². The van der Waals surface area contributed by atoms with Crippen molar-refractivity contribution in [2.75, 3.05) is 45.9 Å². The molecule has 4 rings (SSSR count). The van der Waals surface area contributed by atoms with Gasteiger partial charge in [-0.05, 0) is 56.4 Å². The average Bonchev–Trinajstić information content (AvgIpc) is 3.34. The van der Waals surface area contributed by atoms with Crippen molar-refractivity contribution in [2.24, 2.45) is 5.41 Å². The highest BCUT2D eigenvalue weighted by molar-refractivity contribution is 5.78. The van der Waals surface area contributed by atoms with Crippen molar-refractivity contribution < 1.29 is 19.4 Å². The maximum Gasteiger partial charge on any atom is 0.409 e. The number of ether oxygens (including phenoxy) is 1. The number of nitrogens with zero attached hydrogens (tertiary/aromatic N) is 3. The minimum absolute atomic E-state index is 0.140. The summed E-state index contributed by atoms with van der Waals surface area (Å²) in [4.78, 5) is 30.2. The molecule has 3 fully saturated rings. The Morgan fingerprint density at radius 2 is 2.11 bits per heavy atom. The molecule has 3 aliphatic heterocycles. The minimum atomic E-state index is -0.386. The molecular formula is C21H33N3O4. The van der Waals surface area contributed by atoms with Crippen LogP contribution in [-0.2, 0) is 9.53 Å². The monoisotopic (exact) mass is 391 g/mol. The molecule has 1 atom stereocenters. The molecule has 3 heterocycles. The maximum absolute atomic E-state index is 12.0. The van der Waals surface area contributed by atoms with E-state index in [0.717, 1.165) is 58.4 Å². The van der Waals surface area contributed by atoms with Gasteiger partial charge in [-0.3, -0.25) is 9.69 Å². The summed E-state index contributed by atoms with van der Waals surface area (Å²) < 4.78 is 5.15. The van der Waals surface area contributed by atoms with Gasteiger partial charge in [0.25, 0.3) is 0 Å². The highest BCUT2D eigenvalue weighted by Crippen LogP contribution is 2.50. The lowest BCUT2D eigenvalue weighted by Gasteiger charge is -2.51. The van der Waals surface area contributed by atoms with E-state index < -0.39 is 0 Å². The molecule has 0 aromatic heterocycles. The molecule has 7 heteroatoms. The van der Waals surface area contributed by atoms with E-state index in [1.807, 2.05) is 16.7 Å². The van der Waals surface area contributed by atoms with Crippen LogP contribution in [0.25, 0.3) is 0 Å². The Balaban J connectivity index is 1.28. The van der Waals surface area contributed by atoms with Crippen LogP contribution in [0.3, 0.4) is 0 Å². The number of carbonyl (C=O) groups is 2. The topological polar surface area (TPSA) is 73.3 Å². The van der Waals surface area contributed by atoms with E-state index in [4.69, 9.17) is 4.74 Å². The van der Waals surface area contributed by atoms with Crippen LogP contribution in [-0.4, -0.2) is 89.8 Å². The average molecular weight is 392 g/mol. The zero-order valence-electron chi connectivity index (χ0n) is 16.9. The molecule has 1 saturated carbocycles. The first-order valence-electron chi connectivity index (χ1n) is 10.8. The molecule has 2 saturated heterocycles. The lowest BCUT2D eigenvalue weighted by Crippen LogP contribution is -2.53. The fourth-order valence-corrected chi connectivity index (χ4v) is 5.71. The first-order chi connectivity index (χ1) is 13.5. The first-order valence-corrected chi connectivity index (χ1v) is 10.8. The van der Waals surface area contributed by atoms with Crippen LogP contribution in [0.1, 0.15) is 45.4 Å². The number of rotatable bonds is 4. The Morgan fingerprint density at radius 3 is 2.79 bits per heavy atom. The number of likely N-dealkylation sites (tertiary alicyclic amines) is 2. The summed E-state index contributed by atoms with van der Waals surface area (Å²) in [7, 11) is 0. The van der Waals surface area contributed by atoms with E-state index in [0.29, 0.717) is 18.1 Å². The lowest BCUT2D eigenvalue weighted by molar-refractivity contribution is -0.134. The summed E-state index contributed by atoms with van der Waals surface area (Å²) in [6.45, 7) is 6.35. The largest absolute Gasteiger partial charge is 0.450 e. The molecule has 1 spiro atoms. The van der Waals surface area contributed by atoms with Crippen LogP contribution in [0.4, 0.5) is 4.79 Å². The number of aliphatic hydroxyl groups is 1. The molecule has 0 aromatic carbocycles. The Labute approximate surface area is 167 Å². The van der Waals surface area contributed by atoms with Gasteiger partial charge in [-0.15, -0.1) is 0 Å². The predicted molar refractivity (Wildman–Crippen MR) is 105 cm³/mol. The SMILES string of the molecule is CCOC(=O)N1CCC2(CC(N3CC=C([C@@H]4CCCN4C(=O)CO)CC3)C2)C1. The van der Waals surface area contributed by atoms with Gasteiger partial charge in [0.15, 0.2) is 0 Å². The second-order valence-corrected chi connectivity index (χ2v) is 8.86. The molecule has 0 unspecified atom stereocenters. The summed E-state index contributed by atoms with van der Waals surface area (Å²) in [5, 5.41) is 9.20. The van der Waals surface area contributed by atoms with E-state index in [9.17, 15) is 14.7 Å². The van der Waals surface area contributed by atoms with E-state index in [1.54, 1.807) is 0 Å². The van der Waals surface area contributed by atoms with Crippen LogP contribution in [0.15, 0.2) is 11.6 Å². The minimum Gasteiger partial charge on any atom is -0.450 e. The predicted octanol–water partition coefficient (Wildman–Crippen LogP) is 1.61. The third kappa shape index (κ3) is 3.66. The number of hydrogen-bond acceptors (Lipinski definition) is 5. The van der Waals surface area contributed by atoms with Gasteiger partial charge in [0, 0.05) is 38.8 Å². The van der Waals surface area contributed by atoms with E-state index in [1.165, 1.54) is 18.4 Å². The molecule has 0 radical (unpaired) electrons. The molecule has 0 aromatic rings. The summed E-state index contributed by atoms with van der Waals surface area (Å²) in [6, 6.07) is 0.807. The Bertz CT molecular complexity index is 644. The van der Waals surface area contributed by atoms with Crippen molar-refractivity contribution in [1.82, 2.24) is 14.7 Å². The second-order valence-electron chi connectivity index (χ2n) is 8.86. The van der Waals surface area contributed by atoms with Gasteiger partial charge in [-0.2, -0.15) is 0 Å². The molecule has 2 amide bonds. The van der Waals surface area contributed by atoms with E-state index in [-0.39, 0.29) is 24.6 Å². The number of amides is 2. The maximum atomic E-state index is 12.0. The van der Waals surface area contributed by atoms with Gasteiger partial charge in [-0.25, -0.2) is 4.79 Å². The van der Waals surface area contributed by atoms with Crippen molar-refractivity contribution in [3.63, 3.8) is 0 Å². The smallest absolute Gasteiger partial charge is 0.409 e. The molecule has 156 valence electrons. The highest BCUT2D eigenvalue weighted by atomic mass is 16.6. The Hall–Kier alpha value is -1.60. The zero-order chi connectivity index (χ0) is 19.7. The van der Waals surface area contributed by atoms with Crippen LogP contribution in [0, 0.1) is 5.41 Å². The molecule has 1 N–H and O–H groups in total. The summed E-state index contributed by atoms with van der Waals surface area (Å²) >= 11 is 0. The summed E-state index contributed by atoms with van der Waals surface area (Å²) in [5.41, 5.74) is 1.68. The van der Waals surface area contributed by atoms with E-state index in [2.05, 4.69) is 11.0 Å². The fourth-order valence-electron chi connectivity index (χ4n) is 5.71. The van der Waals surface area contributed by atoms with Crippen molar-refractivity contribution in [3.8, 4) is 0 Å². The Kier molecular flexibility index (Phi) is 5.65. The second kappa shape index (κ2) is 8.03. The highest BCUT2D eigenvalue weighted by Gasteiger charge is 2.51.